The lowest BCUT2D eigenvalue weighted by atomic mass is 10.1. The van der Waals surface area contributed by atoms with Gasteiger partial charge in [0, 0.05) is 19.6 Å². The molecule has 0 saturated carbocycles. The van der Waals surface area contributed by atoms with Crippen LogP contribution in [0.15, 0.2) is 54.6 Å². The number of hydrogen-bond acceptors (Lipinski definition) is 4. The Kier molecular flexibility index (Phi) is 6.03. The van der Waals surface area contributed by atoms with Gasteiger partial charge in [0.2, 0.25) is 0 Å². The summed E-state index contributed by atoms with van der Waals surface area (Å²) in [5.74, 6) is -1.34. The predicted octanol–water partition coefficient (Wildman–Crippen LogP) is 2.73. The molecule has 27 heavy (non-hydrogen) atoms. The van der Waals surface area contributed by atoms with Gasteiger partial charge in [-0.3, -0.25) is 9.69 Å². The number of benzene rings is 2. The summed E-state index contributed by atoms with van der Waals surface area (Å²) in [6.45, 7) is 1.34. The van der Waals surface area contributed by atoms with Crippen molar-refractivity contribution in [2.24, 2.45) is 0 Å². The molecule has 0 spiro atoms. The maximum absolute atomic E-state index is 13.0. The smallest absolute Gasteiger partial charge is 0.410 e. The van der Waals surface area contributed by atoms with Gasteiger partial charge in [0.05, 0.1) is 6.54 Å². The number of rotatable bonds is 5. The first-order chi connectivity index (χ1) is 13.0. The zero-order valence-electron chi connectivity index (χ0n) is 14.8. The van der Waals surface area contributed by atoms with Crippen molar-refractivity contribution in [3.63, 3.8) is 0 Å². The Labute approximate surface area is 156 Å². The van der Waals surface area contributed by atoms with Crippen LogP contribution < -0.4 is 0 Å². The minimum Gasteiger partial charge on any atom is -0.480 e. The first kappa shape index (κ1) is 18.8. The summed E-state index contributed by atoms with van der Waals surface area (Å²) in [5, 5.41) is 9.56. The van der Waals surface area contributed by atoms with Crippen molar-refractivity contribution in [2.45, 2.75) is 19.2 Å². The SMILES string of the molecule is O=C(O)[C@H]1CN(C(=O)OCc2ccccc2)CCN1Cc1ccc(F)cc1. The van der Waals surface area contributed by atoms with Crippen LogP contribution in [0.25, 0.3) is 0 Å². The second-order valence-corrected chi connectivity index (χ2v) is 6.44. The van der Waals surface area contributed by atoms with Crippen LogP contribution in [0.3, 0.4) is 0 Å². The molecule has 1 aliphatic heterocycles. The molecule has 0 unspecified atom stereocenters. The third-order valence-electron chi connectivity index (χ3n) is 4.54. The maximum Gasteiger partial charge on any atom is 0.410 e. The molecule has 142 valence electrons. The number of hydrogen-bond donors (Lipinski definition) is 1. The zero-order valence-corrected chi connectivity index (χ0v) is 14.8. The standard InChI is InChI=1S/C20H21FN2O4/c21-17-8-6-15(7-9-17)12-22-10-11-23(13-18(22)19(24)25)20(26)27-14-16-4-2-1-3-5-16/h1-9,18H,10-14H2,(H,24,25)/t18-/m1/s1. The van der Waals surface area contributed by atoms with E-state index >= 15 is 0 Å². The van der Waals surface area contributed by atoms with Crippen LogP contribution in [0.1, 0.15) is 11.1 Å². The molecule has 1 N–H and O–H groups in total. The van der Waals surface area contributed by atoms with Crippen LogP contribution in [-0.2, 0) is 22.7 Å². The van der Waals surface area contributed by atoms with E-state index in [1.807, 2.05) is 30.3 Å². The third-order valence-corrected chi connectivity index (χ3v) is 4.54. The van der Waals surface area contributed by atoms with E-state index in [4.69, 9.17) is 4.74 Å². The van der Waals surface area contributed by atoms with Gasteiger partial charge in [-0.1, -0.05) is 42.5 Å². The van der Waals surface area contributed by atoms with Crippen molar-refractivity contribution in [3.8, 4) is 0 Å². The van der Waals surface area contributed by atoms with Crippen molar-refractivity contribution < 1.29 is 23.8 Å². The van der Waals surface area contributed by atoms with E-state index in [1.54, 1.807) is 17.0 Å². The van der Waals surface area contributed by atoms with E-state index in [-0.39, 0.29) is 19.0 Å². The maximum atomic E-state index is 13.0. The fraction of sp³-hybridized carbons (Fsp3) is 0.300. The number of ether oxygens (including phenoxy) is 1. The monoisotopic (exact) mass is 372 g/mol. The van der Waals surface area contributed by atoms with Crippen molar-refractivity contribution in [1.82, 2.24) is 9.80 Å². The lowest BCUT2D eigenvalue weighted by Crippen LogP contribution is -2.57. The van der Waals surface area contributed by atoms with Gasteiger partial charge in [0.15, 0.2) is 0 Å². The van der Waals surface area contributed by atoms with Crippen LogP contribution in [0.5, 0.6) is 0 Å². The highest BCUT2D eigenvalue weighted by Crippen LogP contribution is 2.16. The first-order valence-electron chi connectivity index (χ1n) is 8.70. The highest BCUT2D eigenvalue weighted by Gasteiger charge is 2.34. The Morgan fingerprint density at radius 1 is 1.04 bits per heavy atom. The Morgan fingerprint density at radius 3 is 2.41 bits per heavy atom. The fourth-order valence-electron chi connectivity index (χ4n) is 3.04. The van der Waals surface area contributed by atoms with Crippen LogP contribution >= 0.6 is 0 Å². The quantitative estimate of drug-likeness (QED) is 0.874. The molecule has 1 atom stereocenters. The van der Waals surface area contributed by atoms with Gasteiger partial charge in [-0.05, 0) is 23.3 Å². The molecular formula is C20H21FN2O4. The largest absolute Gasteiger partial charge is 0.480 e. The second-order valence-electron chi connectivity index (χ2n) is 6.44. The molecule has 1 saturated heterocycles. The van der Waals surface area contributed by atoms with E-state index in [0.717, 1.165) is 11.1 Å². The number of halogens is 1. The first-order valence-corrected chi connectivity index (χ1v) is 8.70. The van der Waals surface area contributed by atoms with Gasteiger partial charge >= 0.3 is 12.1 Å². The van der Waals surface area contributed by atoms with E-state index in [2.05, 4.69) is 0 Å². The summed E-state index contributed by atoms with van der Waals surface area (Å²) in [6.07, 6.45) is -0.522. The molecule has 2 aromatic rings. The van der Waals surface area contributed by atoms with E-state index in [0.29, 0.717) is 19.6 Å². The van der Waals surface area contributed by atoms with Crippen LogP contribution in [0, 0.1) is 5.82 Å². The summed E-state index contributed by atoms with van der Waals surface area (Å²) in [4.78, 5) is 27.2. The number of carbonyl (C=O) groups excluding carboxylic acids is 1. The fourth-order valence-corrected chi connectivity index (χ4v) is 3.04. The average molecular weight is 372 g/mol. The van der Waals surface area contributed by atoms with Gasteiger partial charge in [-0.15, -0.1) is 0 Å². The minimum absolute atomic E-state index is 0.0458. The molecule has 1 heterocycles. The Bertz CT molecular complexity index is 782. The number of carboxylic acid groups (broad SMARTS) is 1. The summed E-state index contributed by atoms with van der Waals surface area (Å²) < 4.78 is 18.3. The lowest BCUT2D eigenvalue weighted by molar-refractivity contribution is -0.145. The van der Waals surface area contributed by atoms with E-state index < -0.39 is 18.1 Å². The van der Waals surface area contributed by atoms with Crippen molar-refractivity contribution >= 4 is 12.1 Å². The second kappa shape index (κ2) is 8.64. The molecule has 0 bridgehead atoms. The van der Waals surface area contributed by atoms with Gasteiger partial charge in [-0.2, -0.15) is 0 Å². The number of piperazine rings is 1. The van der Waals surface area contributed by atoms with Gasteiger partial charge in [-0.25, -0.2) is 9.18 Å². The van der Waals surface area contributed by atoms with Crippen LogP contribution in [0.4, 0.5) is 9.18 Å². The van der Waals surface area contributed by atoms with Gasteiger partial charge < -0.3 is 14.7 Å². The van der Waals surface area contributed by atoms with Crippen LogP contribution in [-0.4, -0.2) is 52.6 Å². The van der Waals surface area contributed by atoms with Crippen molar-refractivity contribution in [3.05, 3.63) is 71.5 Å². The molecule has 1 aliphatic rings. The van der Waals surface area contributed by atoms with Crippen molar-refractivity contribution in [2.75, 3.05) is 19.6 Å². The van der Waals surface area contributed by atoms with Crippen molar-refractivity contribution in [1.29, 1.82) is 0 Å². The zero-order chi connectivity index (χ0) is 19.2. The highest BCUT2D eigenvalue weighted by atomic mass is 19.1. The molecule has 0 aliphatic carbocycles. The van der Waals surface area contributed by atoms with E-state index in [1.165, 1.54) is 17.0 Å². The molecule has 1 amide bonds. The molecule has 6 nitrogen and oxygen atoms in total. The van der Waals surface area contributed by atoms with E-state index in [9.17, 15) is 19.1 Å². The Balaban J connectivity index is 1.58. The summed E-state index contributed by atoms with van der Waals surface area (Å²) in [7, 11) is 0. The summed E-state index contributed by atoms with van der Waals surface area (Å²) >= 11 is 0. The lowest BCUT2D eigenvalue weighted by Gasteiger charge is -2.38. The van der Waals surface area contributed by atoms with Crippen LogP contribution in [0.2, 0.25) is 0 Å². The highest BCUT2D eigenvalue weighted by molar-refractivity contribution is 5.76. The Hall–Kier alpha value is -2.93. The normalized spacial score (nSPS) is 17.5. The Morgan fingerprint density at radius 2 is 1.74 bits per heavy atom. The van der Waals surface area contributed by atoms with Gasteiger partial charge in [0.25, 0.3) is 0 Å². The molecular weight excluding hydrogens is 351 g/mol. The summed E-state index contributed by atoms with van der Waals surface area (Å²) in [6, 6.07) is 14.4. The number of aliphatic carboxylic acids is 1. The molecule has 2 aromatic carbocycles. The number of carbonyl (C=O) groups is 2. The summed E-state index contributed by atoms with van der Waals surface area (Å²) in [5.41, 5.74) is 1.69. The number of amides is 1. The number of nitrogens with zero attached hydrogens (tertiary/aromatic N) is 2. The molecule has 0 aromatic heterocycles. The molecule has 1 fully saturated rings. The molecule has 7 heteroatoms. The molecule has 0 radical (unpaired) electrons. The number of carboxylic acids is 1. The molecule has 3 rings (SSSR count). The predicted molar refractivity (Wildman–Crippen MR) is 96.4 cm³/mol. The van der Waals surface area contributed by atoms with Gasteiger partial charge in [0.1, 0.15) is 18.5 Å². The topological polar surface area (TPSA) is 70.1 Å². The third kappa shape index (κ3) is 5.04. The average Bonchev–Trinajstić information content (AvgIpc) is 2.69. The minimum atomic E-state index is -1.00.